The highest BCUT2D eigenvalue weighted by Gasteiger charge is 2.37. The maximum Gasteiger partial charge on any atom is 0.228 e. The van der Waals surface area contributed by atoms with Crippen LogP contribution in [-0.4, -0.2) is 68.1 Å². The van der Waals surface area contributed by atoms with E-state index >= 15 is 0 Å². The molecule has 1 saturated heterocycles. The van der Waals surface area contributed by atoms with Gasteiger partial charge in [-0.3, -0.25) is 19.4 Å². The smallest absolute Gasteiger partial charge is 0.228 e. The SMILES string of the molecule is CC1=NCC2(CCCN(c3nc(NC4CCC(N(C(=O)CCc5ccccc5)c5ccc(-c6cnn(C)c6)cn5)CC4)ncc3C#N)CC2)C1. The minimum absolute atomic E-state index is 0.0399. The fourth-order valence-corrected chi connectivity index (χ4v) is 7.99. The summed E-state index contributed by atoms with van der Waals surface area (Å²) >= 11 is 0. The lowest BCUT2D eigenvalue weighted by molar-refractivity contribution is -0.119. The highest BCUT2D eigenvalue weighted by Crippen LogP contribution is 2.40. The largest absolute Gasteiger partial charge is 0.355 e. The lowest BCUT2D eigenvalue weighted by atomic mass is 9.78. The average molecular weight is 671 g/mol. The zero-order valence-electron chi connectivity index (χ0n) is 29.1. The Hall–Kier alpha value is -5.11. The zero-order valence-corrected chi connectivity index (χ0v) is 29.1. The molecular formula is C39H46N10O. The first kappa shape index (κ1) is 33.4. The summed E-state index contributed by atoms with van der Waals surface area (Å²) in [5, 5.41) is 17.8. The van der Waals surface area contributed by atoms with E-state index in [1.807, 2.05) is 60.9 Å². The molecule has 2 fully saturated rings. The number of rotatable bonds is 9. The number of nitrogens with one attached hydrogen (secondary N) is 1. The van der Waals surface area contributed by atoms with Crippen LogP contribution in [0.3, 0.4) is 0 Å². The second-order valence-electron chi connectivity index (χ2n) is 14.3. The molecule has 1 amide bonds. The number of aliphatic imine (C=N–C) groups is 1. The lowest BCUT2D eigenvalue weighted by Crippen LogP contribution is -2.45. The molecule has 3 aromatic heterocycles. The maximum atomic E-state index is 13.9. The van der Waals surface area contributed by atoms with E-state index in [-0.39, 0.29) is 23.4 Å². The lowest BCUT2D eigenvalue weighted by Gasteiger charge is -2.37. The number of carbonyl (C=O) groups is 1. The van der Waals surface area contributed by atoms with Gasteiger partial charge in [-0.1, -0.05) is 30.3 Å². The minimum atomic E-state index is 0.0399. The normalized spacial score (nSPS) is 22.1. The van der Waals surface area contributed by atoms with E-state index < -0.39 is 0 Å². The number of anilines is 3. The van der Waals surface area contributed by atoms with Gasteiger partial charge in [0.1, 0.15) is 17.5 Å². The molecule has 1 unspecified atom stereocenters. The number of nitriles is 1. The number of hydrogen-bond acceptors (Lipinski definition) is 9. The number of nitrogens with zero attached hydrogens (tertiary/aromatic N) is 9. The van der Waals surface area contributed by atoms with Gasteiger partial charge in [0, 0.05) is 74.4 Å². The fourth-order valence-electron chi connectivity index (χ4n) is 7.99. The summed E-state index contributed by atoms with van der Waals surface area (Å²) in [5.41, 5.74) is 5.14. The monoisotopic (exact) mass is 670 g/mol. The van der Waals surface area contributed by atoms with Crippen molar-refractivity contribution in [1.29, 1.82) is 5.26 Å². The van der Waals surface area contributed by atoms with Gasteiger partial charge in [-0.25, -0.2) is 9.97 Å². The predicted octanol–water partition coefficient (Wildman–Crippen LogP) is 6.37. The molecular weight excluding hydrogens is 624 g/mol. The van der Waals surface area contributed by atoms with E-state index in [0.717, 1.165) is 93.5 Å². The van der Waals surface area contributed by atoms with Gasteiger partial charge < -0.3 is 10.2 Å². The van der Waals surface area contributed by atoms with Gasteiger partial charge in [-0.05, 0) is 87.8 Å². The Balaban J connectivity index is 1.02. The summed E-state index contributed by atoms with van der Waals surface area (Å²) in [5.74, 6) is 2.06. The van der Waals surface area contributed by atoms with Crippen LogP contribution in [0.2, 0.25) is 0 Å². The van der Waals surface area contributed by atoms with Crippen molar-refractivity contribution in [2.75, 3.05) is 34.8 Å². The number of aryl methyl sites for hydroxylation is 2. The van der Waals surface area contributed by atoms with Crippen molar-refractivity contribution in [2.24, 2.45) is 17.5 Å². The second-order valence-corrected chi connectivity index (χ2v) is 14.3. The molecule has 2 aliphatic heterocycles. The molecule has 1 saturated carbocycles. The molecule has 5 heterocycles. The Morgan fingerprint density at radius 1 is 1.02 bits per heavy atom. The van der Waals surface area contributed by atoms with Crippen LogP contribution in [0, 0.1) is 16.7 Å². The van der Waals surface area contributed by atoms with Crippen LogP contribution in [0.5, 0.6) is 0 Å². The van der Waals surface area contributed by atoms with E-state index in [4.69, 9.17) is 15.0 Å². The topological polar surface area (TPSA) is 128 Å². The first-order chi connectivity index (χ1) is 24.4. The van der Waals surface area contributed by atoms with E-state index in [1.54, 1.807) is 10.9 Å². The van der Waals surface area contributed by atoms with Crippen LogP contribution < -0.4 is 15.1 Å². The Morgan fingerprint density at radius 2 is 1.86 bits per heavy atom. The summed E-state index contributed by atoms with van der Waals surface area (Å²) in [6.45, 7) is 4.80. The fraction of sp³-hybridized carbons (Fsp3) is 0.462. The van der Waals surface area contributed by atoms with Crippen molar-refractivity contribution in [3.63, 3.8) is 0 Å². The van der Waals surface area contributed by atoms with Gasteiger partial charge in [0.2, 0.25) is 11.9 Å². The predicted molar refractivity (Wildman–Crippen MR) is 196 cm³/mol. The molecule has 11 nitrogen and oxygen atoms in total. The van der Waals surface area contributed by atoms with Crippen LogP contribution in [0.15, 0.2) is 72.2 Å². The Labute approximate surface area is 294 Å². The number of amides is 1. The molecule has 0 radical (unpaired) electrons. The number of benzene rings is 1. The Morgan fingerprint density at radius 3 is 2.56 bits per heavy atom. The van der Waals surface area contributed by atoms with Gasteiger partial charge in [0.05, 0.1) is 12.4 Å². The number of hydrogen-bond donors (Lipinski definition) is 1. The third-order valence-electron chi connectivity index (χ3n) is 10.7. The molecule has 50 heavy (non-hydrogen) atoms. The van der Waals surface area contributed by atoms with E-state index in [2.05, 4.69) is 45.4 Å². The van der Waals surface area contributed by atoms with Gasteiger partial charge in [-0.15, -0.1) is 0 Å². The molecule has 258 valence electrons. The van der Waals surface area contributed by atoms with Crippen LogP contribution in [0.1, 0.15) is 75.8 Å². The summed E-state index contributed by atoms with van der Waals surface area (Å²) in [6.07, 6.45) is 16.1. The summed E-state index contributed by atoms with van der Waals surface area (Å²) in [6, 6.07) is 16.7. The van der Waals surface area contributed by atoms with Gasteiger partial charge >= 0.3 is 0 Å². The molecule has 1 atom stereocenters. The van der Waals surface area contributed by atoms with E-state index in [0.29, 0.717) is 30.2 Å². The quantitative estimate of drug-likeness (QED) is 0.218. The molecule has 1 N–H and O–H groups in total. The third-order valence-corrected chi connectivity index (χ3v) is 10.7. The van der Waals surface area contributed by atoms with E-state index in [1.165, 1.54) is 5.71 Å². The van der Waals surface area contributed by atoms with Crippen LogP contribution >= 0.6 is 0 Å². The van der Waals surface area contributed by atoms with Crippen molar-refractivity contribution < 1.29 is 4.79 Å². The van der Waals surface area contributed by atoms with Gasteiger partial charge in [-0.2, -0.15) is 15.3 Å². The number of aromatic nitrogens is 5. The van der Waals surface area contributed by atoms with Crippen molar-refractivity contribution in [3.8, 4) is 17.2 Å². The van der Waals surface area contributed by atoms with Gasteiger partial charge in [0.25, 0.3) is 0 Å². The van der Waals surface area contributed by atoms with Crippen LogP contribution in [0.4, 0.5) is 17.6 Å². The van der Waals surface area contributed by atoms with Crippen molar-refractivity contribution in [2.45, 2.75) is 83.2 Å². The van der Waals surface area contributed by atoms with Crippen molar-refractivity contribution in [3.05, 3.63) is 78.4 Å². The number of pyridine rings is 1. The zero-order chi connectivity index (χ0) is 34.5. The van der Waals surface area contributed by atoms with Crippen molar-refractivity contribution >= 4 is 29.2 Å². The molecule has 11 heteroatoms. The summed E-state index contributed by atoms with van der Waals surface area (Å²) < 4.78 is 1.77. The van der Waals surface area contributed by atoms with Gasteiger partial charge in [0.15, 0.2) is 5.82 Å². The highest BCUT2D eigenvalue weighted by molar-refractivity contribution is 5.93. The summed E-state index contributed by atoms with van der Waals surface area (Å²) in [7, 11) is 1.90. The molecule has 1 aromatic carbocycles. The molecule has 0 bridgehead atoms. The molecule has 1 aliphatic carbocycles. The first-order valence-corrected chi connectivity index (χ1v) is 18.0. The highest BCUT2D eigenvalue weighted by atomic mass is 16.2. The Bertz CT molecular complexity index is 1860. The third kappa shape index (κ3) is 7.54. The van der Waals surface area contributed by atoms with Crippen molar-refractivity contribution in [1.82, 2.24) is 24.7 Å². The standard InChI is InChI=1S/C39H46N10O/c1-28-21-39(27-43-28)17-6-19-48(20-18-39)37-31(22-40)24-42-38(46-37)45-33-11-13-34(14-12-33)49(36(50)16-9-29-7-4-3-5-8-29)35-15-10-30(23-41-35)32-25-44-47(2)26-32/h3-5,7-8,10,15,23-26,33-34H,6,9,11-14,16-21,27H2,1-2H3,(H,42,45,46). The maximum absolute atomic E-state index is 13.9. The first-order valence-electron chi connectivity index (χ1n) is 18.0. The van der Waals surface area contributed by atoms with E-state index in [9.17, 15) is 10.1 Å². The summed E-state index contributed by atoms with van der Waals surface area (Å²) in [4.78, 5) is 37.1. The second kappa shape index (κ2) is 14.8. The average Bonchev–Trinajstić information content (AvgIpc) is 3.68. The molecule has 1 spiro atoms. The minimum Gasteiger partial charge on any atom is -0.355 e. The molecule has 3 aliphatic rings. The molecule has 7 rings (SSSR count). The Kier molecular flexibility index (Phi) is 9.88. The van der Waals surface area contributed by atoms with Crippen LogP contribution in [-0.2, 0) is 18.3 Å². The number of carbonyl (C=O) groups excluding carboxylic acids is 1. The molecule has 4 aromatic rings. The van der Waals surface area contributed by atoms with Crippen LogP contribution in [0.25, 0.3) is 11.1 Å².